The van der Waals surface area contributed by atoms with E-state index in [1.807, 2.05) is 46.0 Å². The number of carboxylic acid groups (broad SMARTS) is 1. The number of aromatic nitrogens is 2. The zero-order valence-corrected chi connectivity index (χ0v) is 21.9. The number of carboxylic acids is 1. The Bertz CT molecular complexity index is 1050. The molecule has 4 rings (SSSR count). The van der Waals surface area contributed by atoms with Crippen LogP contribution in [0.25, 0.3) is 11.3 Å². The number of rotatable bonds is 8. The van der Waals surface area contributed by atoms with Crippen LogP contribution in [-0.4, -0.2) is 46.3 Å². The van der Waals surface area contributed by atoms with Crippen LogP contribution in [0.1, 0.15) is 77.7 Å². The Balaban J connectivity index is 1.78. The number of aliphatic carboxylic acids is 1. The molecule has 2 fully saturated rings. The Morgan fingerprint density at radius 2 is 1.80 bits per heavy atom. The first-order valence-corrected chi connectivity index (χ1v) is 12.7. The molecular weight excluding hydrogens is 442 g/mol. The first-order valence-electron chi connectivity index (χ1n) is 12.7. The number of ether oxygens (including phenoxy) is 2. The predicted octanol–water partition coefficient (Wildman–Crippen LogP) is 5.81. The third kappa shape index (κ3) is 5.95. The number of anilines is 1. The average molecular weight is 482 g/mol. The summed E-state index contributed by atoms with van der Waals surface area (Å²) in [5.74, 6) is 0.136. The lowest BCUT2D eigenvalue weighted by Gasteiger charge is -2.38. The van der Waals surface area contributed by atoms with Gasteiger partial charge in [-0.25, -0.2) is 4.79 Å². The fraction of sp³-hybridized carbons (Fsp3) is 0.607. The Kier molecular flexibility index (Phi) is 7.09. The van der Waals surface area contributed by atoms with Gasteiger partial charge in [0.1, 0.15) is 5.75 Å². The van der Waals surface area contributed by atoms with Crippen LogP contribution in [-0.2, 0) is 9.53 Å². The lowest BCUT2D eigenvalue weighted by atomic mass is 9.91. The van der Waals surface area contributed by atoms with E-state index in [9.17, 15) is 9.90 Å². The van der Waals surface area contributed by atoms with Crippen LogP contribution in [0.2, 0.25) is 0 Å². The average Bonchev–Trinajstić information content (AvgIpc) is 3.55. The van der Waals surface area contributed by atoms with Gasteiger partial charge in [-0.2, -0.15) is 0 Å². The molecule has 1 N–H and O–H groups in total. The molecule has 1 spiro atoms. The van der Waals surface area contributed by atoms with Crippen LogP contribution < -0.4 is 9.64 Å². The number of hydrogen-bond acceptors (Lipinski definition) is 6. The fourth-order valence-electron chi connectivity index (χ4n) is 4.81. The van der Waals surface area contributed by atoms with Crippen molar-refractivity contribution in [2.24, 2.45) is 11.3 Å². The second-order valence-electron chi connectivity index (χ2n) is 11.5. The van der Waals surface area contributed by atoms with Crippen LogP contribution in [0, 0.1) is 18.3 Å². The van der Waals surface area contributed by atoms with Gasteiger partial charge < -0.3 is 19.5 Å². The summed E-state index contributed by atoms with van der Waals surface area (Å²) in [6.07, 6.45) is 7.30. The van der Waals surface area contributed by atoms with Gasteiger partial charge in [0.05, 0.1) is 29.8 Å². The summed E-state index contributed by atoms with van der Waals surface area (Å²) in [6.45, 7) is 14.1. The monoisotopic (exact) mass is 481 g/mol. The number of pyridine rings is 2. The largest absolute Gasteiger partial charge is 0.492 e. The van der Waals surface area contributed by atoms with Crippen molar-refractivity contribution in [3.05, 3.63) is 35.8 Å². The van der Waals surface area contributed by atoms with Gasteiger partial charge in [-0.15, -0.1) is 0 Å². The zero-order chi connectivity index (χ0) is 25.4. The maximum atomic E-state index is 12.5. The Labute approximate surface area is 208 Å². The fourth-order valence-corrected chi connectivity index (χ4v) is 4.81. The first kappa shape index (κ1) is 25.4. The maximum absolute atomic E-state index is 12.5. The van der Waals surface area contributed by atoms with Crippen LogP contribution in [0.5, 0.6) is 5.75 Å². The van der Waals surface area contributed by atoms with Gasteiger partial charge in [0.15, 0.2) is 6.10 Å². The van der Waals surface area contributed by atoms with Gasteiger partial charge in [0, 0.05) is 36.1 Å². The molecule has 0 bridgehead atoms. The third-order valence-electron chi connectivity index (χ3n) is 6.94. The molecule has 0 aromatic carbocycles. The smallest absolute Gasteiger partial charge is 0.337 e. The van der Waals surface area contributed by atoms with Gasteiger partial charge in [0.25, 0.3) is 0 Å². The van der Waals surface area contributed by atoms with Crippen LogP contribution in [0.4, 0.5) is 5.69 Å². The molecule has 190 valence electrons. The van der Waals surface area contributed by atoms with E-state index in [4.69, 9.17) is 14.5 Å². The van der Waals surface area contributed by atoms with E-state index in [0.717, 1.165) is 48.6 Å². The highest BCUT2D eigenvalue weighted by Gasteiger charge is 2.45. The molecule has 0 radical (unpaired) electrons. The van der Waals surface area contributed by atoms with E-state index in [1.54, 1.807) is 6.20 Å². The molecule has 2 aromatic rings. The number of piperidine rings is 1. The van der Waals surface area contributed by atoms with Crippen molar-refractivity contribution in [1.29, 1.82) is 0 Å². The molecule has 0 unspecified atom stereocenters. The van der Waals surface area contributed by atoms with Crippen LogP contribution in [0.15, 0.2) is 24.5 Å². The molecule has 1 aliphatic heterocycles. The molecule has 0 amide bonds. The van der Waals surface area contributed by atoms with Gasteiger partial charge in [-0.05, 0) is 76.8 Å². The predicted molar refractivity (Wildman–Crippen MR) is 137 cm³/mol. The lowest BCUT2D eigenvalue weighted by molar-refractivity contribution is -0.160. The molecule has 1 aliphatic carbocycles. The second kappa shape index (κ2) is 9.76. The number of carbonyl (C=O) groups is 1. The minimum absolute atomic E-state index is 0.426. The SMILES string of the molecule is Cc1ncc(-c2ccc(OCC(C)C)cn2)c(N2CCC3(CC2)CC3)c1[C@H](OC(C)(C)C)C(=O)O. The molecule has 2 aromatic heterocycles. The third-order valence-corrected chi connectivity index (χ3v) is 6.94. The van der Waals surface area contributed by atoms with Crippen molar-refractivity contribution < 1.29 is 19.4 Å². The molecule has 7 nitrogen and oxygen atoms in total. The van der Waals surface area contributed by atoms with Crippen molar-refractivity contribution in [3.8, 4) is 17.0 Å². The summed E-state index contributed by atoms with van der Waals surface area (Å²) in [5.41, 5.74) is 3.63. The Morgan fingerprint density at radius 1 is 1.11 bits per heavy atom. The molecule has 1 atom stereocenters. The molecule has 7 heteroatoms. The lowest BCUT2D eigenvalue weighted by Crippen LogP contribution is -2.37. The number of aryl methyl sites for hydroxylation is 1. The molecular formula is C28H39N3O4. The molecule has 3 heterocycles. The summed E-state index contributed by atoms with van der Waals surface area (Å²) in [4.78, 5) is 24.1. The molecule has 2 aliphatic rings. The summed E-state index contributed by atoms with van der Waals surface area (Å²) >= 11 is 0. The number of nitrogens with zero attached hydrogens (tertiary/aromatic N) is 3. The molecule has 35 heavy (non-hydrogen) atoms. The van der Waals surface area contributed by atoms with E-state index >= 15 is 0 Å². The van der Waals surface area contributed by atoms with Gasteiger partial charge in [0.2, 0.25) is 0 Å². The van der Waals surface area contributed by atoms with E-state index in [-0.39, 0.29) is 0 Å². The minimum atomic E-state index is -1.12. The maximum Gasteiger partial charge on any atom is 0.337 e. The second-order valence-corrected chi connectivity index (χ2v) is 11.5. The summed E-state index contributed by atoms with van der Waals surface area (Å²) in [6, 6.07) is 3.85. The summed E-state index contributed by atoms with van der Waals surface area (Å²) < 4.78 is 11.9. The van der Waals surface area contributed by atoms with Crippen molar-refractivity contribution >= 4 is 11.7 Å². The van der Waals surface area contributed by atoms with Crippen molar-refractivity contribution in [3.63, 3.8) is 0 Å². The van der Waals surface area contributed by atoms with E-state index in [1.165, 1.54) is 12.8 Å². The topological polar surface area (TPSA) is 84.8 Å². The van der Waals surface area contributed by atoms with Gasteiger partial charge in [-0.3, -0.25) is 9.97 Å². The normalized spacial score (nSPS) is 18.1. The van der Waals surface area contributed by atoms with Crippen molar-refractivity contribution in [2.75, 3.05) is 24.6 Å². The van der Waals surface area contributed by atoms with Gasteiger partial charge in [-0.1, -0.05) is 13.8 Å². The summed E-state index contributed by atoms with van der Waals surface area (Å²) in [7, 11) is 0. The number of hydrogen-bond donors (Lipinski definition) is 1. The Morgan fingerprint density at radius 3 is 2.31 bits per heavy atom. The zero-order valence-electron chi connectivity index (χ0n) is 21.9. The van der Waals surface area contributed by atoms with Gasteiger partial charge >= 0.3 is 5.97 Å². The molecule has 1 saturated heterocycles. The van der Waals surface area contributed by atoms with E-state index in [2.05, 4.69) is 23.7 Å². The minimum Gasteiger partial charge on any atom is -0.492 e. The molecule has 1 saturated carbocycles. The van der Waals surface area contributed by atoms with Crippen LogP contribution in [0.3, 0.4) is 0 Å². The standard InChI is InChI=1S/C28H39N3O4/c1-18(2)17-34-20-7-8-22(30-15-20)21-16-29-19(3)23(25(26(32)33)35-27(4,5)6)24(21)31-13-11-28(9-10-28)12-14-31/h7-8,15-16,18,25H,9-14,17H2,1-6H3,(H,32,33)/t25-/m0/s1. The van der Waals surface area contributed by atoms with Crippen LogP contribution >= 0.6 is 0 Å². The highest BCUT2D eigenvalue weighted by Crippen LogP contribution is 2.54. The van der Waals surface area contributed by atoms with E-state index < -0.39 is 17.7 Å². The van der Waals surface area contributed by atoms with E-state index in [0.29, 0.717) is 29.2 Å². The summed E-state index contributed by atoms with van der Waals surface area (Å²) in [5, 5.41) is 10.2. The highest BCUT2D eigenvalue weighted by atomic mass is 16.5. The quantitative estimate of drug-likeness (QED) is 0.509. The van der Waals surface area contributed by atoms with Crippen molar-refractivity contribution in [2.45, 2.75) is 78.9 Å². The Hall–Kier alpha value is -2.67. The first-order chi connectivity index (χ1) is 16.5. The highest BCUT2D eigenvalue weighted by molar-refractivity contribution is 5.85. The van der Waals surface area contributed by atoms with Crippen molar-refractivity contribution in [1.82, 2.24) is 9.97 Å².